The Labute approximate surface area is 125 Å². The van der Waals surface area contributed by atoms with Crippen LogP contribution in [0.4, 0.5) is 0 Å². The number of fused-ring (bicyclic) bond motifs is 1. The predicted octanol–water partition coefficient (Wildman–Crippen LogP) is 3.62. The number of ether oxygens (including phenoxy) is 2. The molecule has 0 saturated heterocycles. The van der Waals surface area contributed by atoms with Crippen LogP contribution in [0.1, 0.15) is 29.2 Å². The first kappa shape index (κ1) is 14.0. The highest BCUT2D eigenvalue weighted by atomic mass is 16.5. The third-order valence-electron chi connectivity index (χ3n) is 3.93. The number of para-hydroxylation sites is 1. The molecule has 21 heavy (non-hydrogen) atoms. The van der Waals surface area contributed by atoms with Gasteiger partial charge < -0.3 is 14.8 Å². The lowest BCUT2D eigenvalue weighted by atomic mass is 9.99. The molecule has 1 aliphatic rings. The van der Waals surface area contributed by atoms with Crippen LogP contribution in [0.2, 0.25) is 0 Å². The van der Waals surface area contributed by atoms with Crippen molar-refractivity contribution >= 4 is 0 Å². The smallest absolute Gasteiger partial charge is 0.165 e. The molecule has 0 saturated carbocycles. The number of hydrogen-bond donors (Lipinski definition) is 1. The van der Waals surface area contributed by atoms with E-state index in [1.54, 1.807) is 7.11 Å². The Hall–Kier alpha value is -2.00. The van der Waals surface area contributed by atoms with Crippen molar-refractivity contribution in [3.8, 4) is 11.5 Å². The Morgan fingerprint density at radius 1 is 1.19 bits per heavy atom. The third kappa shape index (κ3) is 3.03. The highest BCUT2D eigenvalue weighted by Crippen LogP contribution is 2.39. The van der Waals surface area contributed by atoms with Gasteiger partial charge in [-0.1, -0.05) is 42.0 Å². The van der Waals surface area contributed by atoms with Crippen LogP contribution in [0, 0.1) is 6.92 Å². The van der Waals surface area contributed by atoms with Gasteiger partial charge in [0, 0.05) is 24.6 Å². The first-order valence-electron chi connectivity index (χ1n) is 7.36. The molecule has 1 heterocycles. The summed E-state index contributed by atoms with van der Waals surface area (Å²) in [5.74, 6) is 1.70. The standard InChI is InChI=1S/C18H21NO2/c1-13-6-8-14(9-7-13)12-19-16-10-11-21-18-15(16)4-3-5-17(18)20-2/h3-9,16,19H,10-12H2,1-2H3. The van der Waals surface area contributed by atoms with Crippen LogP contribution in [0.3, 0.4) is 0 Å². The summed E-state index contributed by atoms with van der Waals surface area (Å²) in [6, 6.07) is 15.0. The lowest BCUT2D eigenvalue weighted by Gasteiger charge is -2.28. The quantitative estimate of drug-likeness (QED) is 0.929. The summed E-state index contributed by atoms with van der Waals surface area (Å²) in [6.07, 6.45) is 0.978. The molecular weight excluding hydrogens is 262 g/mol. The van der Waals surface area contributed by atoms with Crippen LogP contribution in [0.5, 0.6) is 11.5 Å². The molecule has 1 unspecified atom stereocenters. The molecule has 110 valence electrons. The fourth-order valence-electron chi connectivity index (χ4n) is 2.72. The zero-order chi connectivity index (χ0) is 14.7. The number of nitrogens with one attached hydrogen (secondary N) is 1. The minimum atomic E-state index is 0.310. The molecule has 3 rings (SSSR count). The molecule has 0 aliphatic carbocycles. The molecular formula is C18H21NO2. The maximum absolute atomic E-state index is 5.78. The second-order valence-corrected chi connectivity index (χ2v) is 5.43. The molecule has 3 nitrogen and oxygen atoms in total. The van der Waals surface area contributed by atoms with E-state index in [-0.39, 0.29) is 0 Å². The molecule has 0 bridgehead atoms. The second-order valence-electron chi connectivity index (χ2n) is 5.43. The average Bonchev–Trinajstić information content (AvgIpc) is 2.53. The van der Waals surface area contributed by atoms with E-state index in [1.807, 2.05) is 12.1 Å². The van der Waals surface area contributed by atoms with Crippen molar-refractivity contribution in [3.63, 3.8) is 0 Å². The monoisotopic (exact) mass is 283 g/mol. The highest BCUT2D eigenvalue weighted by molar-refractivity contribution is 5.49. The predicted molar refractivity (Wildman–Crippen MR) is 83.9 cm³/mol. The molecule has 0 spiro atoms. The summed E-state index contributed by atoms with van der Waals surface area (Å²) < 4.78 is 11.2. The van der Waals surface area contributed by atoms with Gasteiger partial charge in [-0.3, -0.25) is 0 Å². The Morgan fingerprint density at radius 2 is 2.00 bits per heavy atom. The largest absolute Gasteiger partial charge is 0.493 e. The van der Waals surface area contributed by atoms with Gasteiger partial charge in [0.2, 0.25) is 0 Å². The molecule has 0 aromatic heterocycles. The van der Waals surface area contributed by atoms with Crippen LogP contribution in [-0.4, -0.2) is 13.7 Å². The molecule has 0 fully saturated rings. The van der Waals surface area contributed by atoms with Crippen molar-refractivity contribution in [3.05, 3.63) is 59.2 Å². The Morgan fingerprint density at radius 3 is 2.76 bits per heavy atom. The van der Waals surface area contributed by atoms with E-state index in [0.29, 0.717) is 6.04 Å². The zero-order valence-corrected chi connectivity index (χ0v) is 12.6. The molecule has 1 atom stereocenters. The van der Waals surface area contributed by atoms with Crippen LogP contribution in [0.25, 0.3) is 0 Å². The maximum atomic E-state index is 5.78. The van der Waals surface area contributed by atoms with E-state index >= 15 is 0 Å². The summed E-state index contributed by atoms with van der Waals surface area (Å²) in [5, 5.41) is 3.63. The van der Waals surface area contributed by atoms with Gasteiger partial charge in [0.25, 0.3) is 0 Å². The number of aryl methyl sites for hydroxylation is 1. The Bertz CT molecular complexity index is 607. The van der Waals surface area contributed by atoms with Gasteiger partial charge in [-0.2, -0.15) is 0 Å². The SMILES string of the molecule is COc1cccc2c1OCCC2NCc1ccc(C)cc1. The summed E-state index contributed by atoms with van der Waals surface area (Å²) >= 11 is 0. The molecule has 0 radical (unpaired) electrons. The fourth-order valence-corrected chi connectivity index (χ4v) is 2.72. The summed E-state index contributed by atoms with van der Waals surface area (Å²) in [4.78, 5) is 0. The molecule has 2 aromatic rings. The number of methoxy groups -OCH3 is 1. The van der Waals surface area contributed by atoms with Gasteiger partial charge in [-0.15, -0.1) is 0 Å². The van der Waals surface area contributed by atoms with E-state index in [4.69, 9.17) is 9.47 Å². The molecule has 0 amide bonds. The van der Waals surface area contributed by atoms with Gasteiger partial charge in [0.15, 0.2) is 11.5 Å². The van der Waals surface area contributed by atoms with Crippen molar-refractivity contribution in [2.45, 2.75) is 25.9 Å². The minimum Gasteiger partial charge on any atom is -0.493 e. The highest BCUT2D eigenvalue weighted by Gasteiger charge is 2.23. The summed E-state index contributed by atoms with van der Waals surface area (Å²) in [7, 11) is 1.68. The normalized spacial score (nSPS) is 17.0. The number of hydrogen-bond acceptors (Lipinski definition) is 3. The van der Waals surface area contributed by atoms with Crippen molar-refractivity contribution in [1.82, 2.24) is 5.32 Å². The van der Waals surface area contributed by atoms with Gasteiger partial charge in [-0.25, -0.2) is 0 Å². The van der Waals surface area contributed by atoms with Crippen LogP contribution < -0.4 is 14.8 Å². The third-order valence-corrected chi connectivity index (χ3v) is 3.93. The second kappa shape index (κ2) is 6.19. The van der Waals surface area contributed by atoms with Crippen LogP contribution in [-0.2, 0) is 6.54 Å². The first-order chi connectivity index (χ1) is 10.3. The molecule has 1 aliphatic heterocycles. The van der Waals surface area contributed by atoms with Crippen molar-refractivity contribution in [1.29, 1.82) is 0 Å². The van der Waals surface area contributed by atoms with Crippen molar-refractivity contribution in [2.24, 2.45) is 0 Å². The van der Waals surface area contributed by atoms with Gasteiger partial charge in [-0.05, 0) is 18.6 Å². The van der Waals surface area contributed by atoms with Crippen LogP contribution in [0.15, 0.2) is 42.5 Å². The van der Waals surface area contributed by atoms with Gasteiger partial charge in [0.05, 0.1) is 13.7 Å². The first-order valence-corrected chi connectivity index (χ1v) is 7.36. The average molecular weight is 283 g/mol. The minimum absolute atomic E-state index is 0.310. The van der Waals surface area contributed by atoms with Crippen molar-refractivity contribution in [2.75, 3.05) is 13.7 Å². The zero-order valence-electron chi connectivity index (χ0n) is 12.6. The van der Waals surface area contributed by atoms with Crippen LogP contribution >= 0.6 is 0 Å². The molecule has 2 aromatic carbocycles. The van der Waals surface area contributed by atoms with Gasteiger partial charge >= 0.3 is 0 Å². The van der Waals surface area contributed by atoms with E-state index in [2.05, 4.69) is 42.6 Å². The topological polar surface area (TPSA) is 30.5 Å². The fraction of sp³-hybridized carbons (Fsp3) is 0.333. The molecule has 3 heteroatoms. The number of benzene rings is 2. The van der Waals surface area contributed by atoms with E-state index < -0.39 is 0 Å². The van der Waals surface area contributed by atoms with Gasteiger partial charge in [0.1, 0.15) is 0 Å². The van der Waals surface area contributed by atoms with E-state index in [9.17, 15) is 0 Å². The lowest BCUT2D eigenvalue weighted by Crippen LogP contribution is -2.27. The maximum Gasteiger partial charge on any atom is 0.165 e. The van der Waals surface area contributed by atoms with E-state index in [0.717, 1.165) is 31.1 Å². The Balaban J connectivity index is 1.75. The Kier molecular flexibility index (Phi) is 4.11. The lowest BCUT2D eigenvalue weighted by molar-refractivity contribution is 0.239. The molecule has 1 N–H and O–H groups in total. The van der Waals surface area contributed by atoms with Crippen molar-refractivity contribution < 1.29 is 9.47 Å². The summed E-state index contributed by atoms with van der Waals surface area (Å²) in [6.45, 7) is 3.69. The number of rotatable bonds is 4. The van der Waals surface area contributed by atoms with E-state index in [1.165, 1.54) is 16.7 Å². The summed E-state index contributed by atoms with van der Waals surface area (Å²) in [5.41, 5.74) is 3.78.